The van der Waals surface area contributed by atoms with Gasteiger partial charge in [0.1, 0.15) is 11.5 Å². The molecule has 6 rings (SSSR count). The molecule has 2 aliphatic rings. The third-order valence-corrected chi connectivity index (χ3v) is 6.50. The first kappa shape index (κ1) is 17.5. The summed E-state index contributed by atoms with van der Waals surface area (Å²) in [6.07, 6.45) is 5.20. The standard InChI is InChI=1S/C23H24N6O/c1-26-19-7-3-2-6-16(19)14-20(26)23(30)28-12-8-18-17(15-28)22-24-21(9-13-29(22)25-18)27-10-4-5-11-27/h2-3,6-7,9,13-14H,4-5,8,10-12,15H2,1H3. The lowest BCUT2D eigenvalue weighted by molar-refractivity contribution is 0.0726. The van der Waals surface area contributed by atoms with E-state index >= 15 is 0 Å². The van der Waals surface area contributed by atoms with Crippen molar-refractivity contribution in [2.45, 2.75) is 25.8 Å². The second kappa shape index (κ2) is 6.58. The summed E-state index contributed by atoms with van der Waals surface area (Å²) < 4.78 is 3.86. The molecule has 0 unspecified atom stereocenters. The Morgan fingerprint density at radius 2 is 1.90 bits per heavy atom. The average Bonchev–Trinajstić information content (AvgIpc) is 3.50. The van der Waals surface area contributed by atoms with Gasteiger partial charge in [0.25, 0.3) is 5.91 Å². The third kappa shape index (κ3) is 2.61. The van der Waals surface area contributed by atoms with Gasteiger partial charge in [0.05, 0.1) is 12.2 Å². The van der Waals surface area contributed by atoms with E-state index in [0.717, 1.165) is 58.8 Å². The Balaban J connectivity index is 1.35. The minimum atomic E-state index is 0.0643. The van der Waals surface area contributed by atoms with Crippen LogP contribution in [-0.4, -0.2) is 49.6 Å². The van der Waals surface area contributed by atoms with Gasteiger partial charge < -0.3 is 14.4 Å². The zero-order valence-electron chi connectivity index (χ0n) is 17.1. The predicted octanol–water partition coefficient (Wildman–Crippen LogP) is 3.02. The van der Waals surface area contributed by atoms with Crippen molar-refractivity contribution in [2.24, 2.45) is 7.05 Å². The van der Waals surface area contributed by atoms with E-state index in [0.29, 0.717) is 13.1 Å². The van der Waals surface area contributed by atoms with Crippen LogP contribution in [0.5, 0.6) is 0 Å². The Morgan fingerprint density at radius 1 is 1.07 bits per heavy atom. The Morgan fingerprint density at radius 3 is 2.73 bits per heavy atom. The quantitative estimate of drug-likeness (QED) is 0.519. The first-order valence-corrected chi connectivity index (χ1v) is 10.6. The summed E-state index contributed by atoms with van der Waals surface area (Å²) in [5, 5.41) is 5.82. The Bertz CT molecular complexity index is 1280. The maximum absolute atomic E-state index is 13.4. The van der Waals surface area contributed by atoms with Crippen LogP contribution in [0.2, 0.25) is 0 Å². The van der Waals surface area contributed by atoms with Crippen LogP contribution in [0.15, 0.2) is 42.6 Å². The minimum Gasteiger partial charge on any atom is -0.357 e. The summed E-state index contributed by atoms with van der Waals surface area (Å²) in [5.74, 6) is 1.08. The lowest BCUT2D eigenvalue weighted by atomic mass is 10.1. The van der Waals surface area contributed by atoms with Crippen LogP contribution in [0.4, 0.5) is 5.82 Å². The number of carbonyl (C=O) groups is 1. The molecular formula is C23H24N6O. The molecule has 2 aliphatic heterocycles. The third-order valence-electron chi connectivity index (χ3n) is 6.50. The second-order valence-electron chi connectivity index (χ2n) is 8.30. The molecule has 0 N–H and O–H groups in total. The van der Waals surface area contributed by atoms with Gasteiger partial charge in [-0.25, -0.2) is 9.50 Å². The van der Waals surface area contributed by atoms with Crippen LogP contribution in [0, 0.1) is 0 Å². The van der Waals surface area contributed by atoms with Crippen LogP contribution < -0.4 is 4.90 Å². The fraction of sp³-hybridized carbons (Fsp3) is 0.348. The Kier molecular flexibility index (Phi) is 3.84. The van der Waals surface area contributed by atoms with Crippen LogP contribution in [0.25, 0.3) is 16.6 Å². The van der Waals surface area contributed by atoms with E-state index in [1.807, 2.05) is 45.4 Å². The minimum absolute atomic E-state index is 0.0643. The largest absolute Gasteiger partial charge is 0.357 e. The summed E-state index contributed by atoms with van der Waals surface area (Å²) >= 11 is 0. The summed E-state index contributed by atoms with van der Waals surface area (Å²) in [5.41, 5.74) is 4.81. The van der Waals surface area contributed by atoms with Crippen molar-refractivity contribution in [1.82, 2.24) is 24.1 Å². The molecule has 152 valence electrons. The smallest absolute Gasteiger partial charge is 0.270 e. The van der Waals surface area contributed by atoms with E-state index in [1.54, 1.807) is 0 Å². The monoisotopic (exact) mass is 400 g/mol. The number of aryl methyl sites for hydroxylation is 1. The molecule has 0 aliphatic carbocycles. The zero-order valence-corrected chi connectivity index (χ0v) is 17.1. The van der Waals surface area contributed by atoms with Crippen molar-refractivity contribution in [1.29, 1.82) is 0 Å². The van der Waals surface area contributed by atoms with Gasteiger partial charge in [-0.15, -0.1) is 0 Å². The molecule has 3 aromatic heterocycles. The van der Waals surface area contributed by atoms with Gasteiger partial charge in [-0.2, -0.15) is 5.10 Å². The van der Waals surface area contributed by atoms with Gasteiger partial charge >= 0.3 is 0 Å². The summed E-state index contributed by atoms with van der Waals surface area (Å²) in [7, 11) is 1.96. The van der Waals surface area contributed by atoms with Gasteiger partial charge in [-0.05, 0) is 31.0 Å². The maximum Gasteiger partial charge on any atom is 0.270 e. The number of fused-ring (bicyclic) bond motifs is 4. The van der Waals surface area contributed by atoms with Crippen LogP contribution in [0.3, 0.4) is 0 Å². The first-order chi connectivity index (χ1) is 14.7. The van der Waals surface area contributed by atoms with E-state index in [1.165, 1.54) is 12.8 Å². The highest BCUT2D eigenvalue weighted by Gasteiger charge is 2.28. The maximum atomic E-state index is 13.4. The molecule has 0 bridgehead atoms. The second-order valence-corrected chi connectivity index (χ2v) is 8.30. The van der Waals surface area contributed by atoms with Crippen molar-refractivity contribution in [3.63, 3.8) is 0 Å². The lowest BCUT2D eigenvalue weighted by Gasteiger charge is -2.26. The van der Waals surface area contributed by atoms with Gasteiger partial charge in [-0.1, -0.05) is 18.2 Å². The predicted molar refractivity (Wildman–Crippen MR) is 116 cm³/mol. The van der Waals surface area contributed by atoms with Crippen molar-refractivity contribution in [2.75, 3.05) is 24.5 Å². The molecule has 1 fully saturated rings. The highest BCUT2D eigenvalue weighted by molar-refractivity contribution is 5.98. The number of aromatic nitrogens is 4. The molecule has 4 aromatic rings. The molecule has 1 saturated heterocycles. The molecule has 0 atom stereocenters. The topological polar surface area (TPSA) is 58.7 Å². The zero-order chi connectivity index (χ0) is 20.2. The van der Waals surface area contributed by atoms with Crippen molar-refractivity contribution >= 4 is 28.3 Å². The fourth-order valence-electron chi connectivity index (χ4n) is 4.84. The number of benzene rings is 1. The van der Waals surface area contributed by atoms with Gasteiger partial charge in [-0.3, -0.25) is 4.79 Å². The lowest BCUT2D eigenvalue weighted by Crippen LogP contribution is -2.36. The highest BCUT2D eigenvalue weighted by atomic mass is 16.2. The van der Waals surface area contributed by atoms with E-state index in [2.05, 4.69) is 23.1 Å². The number of rotatable bonds is 2. The average molecular weight is 400 g/mol. The van der Waals surface area contributed by atoms with Crippen LogP contribution in [-0.2, 0) is 20.0 Å². The summed E-state index contributed by atoms with van der Waals surface area (Å²) in [6.45, 7) is 3.35. The van der Waals surface area contributed by atoms with E-state index < -0.39 is 0 Å². The molecule has 0 spiro atoms. The Labute approximate surface area is 174 Å². The van der Waals surface area contributed by atoms with Crippen LogP contribution >= 0.6 is 0 Å². The fourth-order valence-corrected chi connectivity index (χ4v) is 4.84. The number of hydrogen-bond acceptors (Lipinski definition) is 4. The van der Waals surface area contributed by atoms with Crippen molar-refractivity contribution in [3.8, 4) is 0 Å². The number of amides is 1. The molecule has 7 heteroatoms. The molecule has 0 radical (unpaired) electrons. The highest BCUT2D eigenvalue weighted by Crippen LogP contribution is 2.27. The number of hydrogen-bond donors (Lipinski definition) is 0. The summed E-state index contributed by atoms with van der Waals surface area (Å²) in [4.78, 5) is 22.6. The van der Waals surface area contributed by atoms with Gasteiger partial charge in [0.2, 0.25) is 0 Å². The van der Waals surface area contributed by atoms with Gasteiger partial charge in [0.15, 0.2) is 5.65 Å². The molecule has 1 aromatic carbocycles. The van der Waals surface area contributed by atoms with E-state index in [9.17, 15) is 4.79 Å². The molecule has 7 nitrogen and oxygen atoms in total. The molecule has 5 heterocycles. The number of anilines is 1. The number of nitrogens with zero attached hydrogens (tertiary/aromatic N) is 6. The van der Waals surface area contributed by atoms with Crippen LogP contribution in [0.1, 0.15) is 34.6 Å². The summed E-state index contributed by atoms with van der Waals surface area (Å²) in [6, 6.07) is 12.2. The van der Waals surface area contributed by atoms with Crippen molar-refractivity contribution in [3.05, 3.63) is 59.5 Å². The van der Waals surface area contributed by atoms with Gasteiger partial charge in [0, 0.05) is 55.8 Å². The van der Waals surface area contributed by atoms with Crippen molar-refractivity contribution < 1.29 is 4.79 Å². The first-order valence-electron chi connectivity index (χ1n) is 10.6. The van der Waals surface area contributed by atoms with E-state index in [4.69, 9.17) is 10.1 Å². The normalized spacial score (nSPS) is 16.6. The molecular weight excluding hydrogens is 376 g/mol. The molecule has 30 heavy (non-hydrogen) atoms. The molecule has 0 saturated carbocycles. The number of para-hydroxylation sites is 1. The van der Waals surface area contributed by atoms with E-state index in [-0.39, 0.29) is 5.91 Å². The SMILES string of the molecule is Cn1c(C(=O)N2CCc3nn4ccc(N5CCCC5)nc4c3C2)cc2ccccc21. The Hall–Kier alpha value is -3.35. The molecule has 1 amide bonds. The number of carbonyl (C=O) groups excluding carboxylic acids is 1.